The van der Waals surface area contributed by atoms with Crippen molar-refractivity contribution in [2.45, 2.75) is 56.8 Å². The van der Waals surface area contributed by atoms with Crippen LogP contribution in [-0.4, -0.2) is 22.4 Å². The molecule has 1 saturated heterocycles. The first-order valence-electron chi connectivity index (χ1n) is 4.49. The molecule has 0 radical (unpaired) electrons. The third kappa shape index (κ3) is 0.859. The van der Waals surface area contributed by atoms with Crippen molar-refractivity contribution in [1.29, 1.82) is 0 Å². The van der Waals surface area contributed by atoms with Crippen LogP contribution in [0.1, 0.15) is 39.5 Å². The van der Waals surface area contributed by atoms with Crippen LogP contribution >= 0.6 is 0 Å². The molecule has 2 fully saturated rings. The molecule has 0 spiro atoms. The van der Waals surface area contributed by atoms with Crippen molar-refractivity contribution in [3.05, 3.63) is 0 Å². The van der Waals surface area contributed by atoms with Crippen LogP contribution in [0.2, 0.25) is 0 Å². The van der Waals surface area contributed by atoms with Crippen LogP contribution in [0.3, 0.4) is 0 Å². The predicted octanol–water partition coefficient (Wildman–Crippen LogP) is 1.47. The summed E-state index contributed by atoms with van der Waals surface area (Å²) in [5, 5.41) is 10.1. The van der Waals surface area contributed by atoms with E-state index in [0.717, 1.165) is 25.7 Å². The highest BCUT2D eigenvalue weighted by atomic mass is 16.6. The SMILES string of the molecule is C[C@H]1O[C@]1(C)C1(O)CCCC1. The molecule has 0 aromatic heterocycles. The van der Waals surface area contributed by atoms with Gasteiger partial charge in [-0.1, -0.05) is 12.8 Å². The molecule has 2 rings (SSSR count). The fraction of sp³-hybridized carbons (Fsp3) is 1.00. The second kappa shape index (κ2) is 1.99. The van der Waals surface area contributed by atoms with Gasteiger partial charge in [0, 0.05) is 0 Å². The Morgan fingerprint density at radius 1 is 1.36 bits per heavy atom. The Morgan fingerprint density at radius 3 is 2.18 bits per heavy atom. The van der Waals surface area contributed by atoms with Crippen LogP contribution in [0.15, 0.2) is 0 Å². The molecule has 0 aromatic carbocycles. The first-order chi connectivity index (χ1) is 5.08. The van der Waals surface area contributed by atoms with E-state index < -0.39 is 5.60 Å². The number of aliphatic hydroxyl groups is 1. The van der Waals surface area contributed by atoms with Crippen LogP contribution in [-0.2, 0) is 4.74 Å². The third-order valence-corrected chi connectivity index (χ3v) is 3.49. The largest absolute Gasteiger partial charge is 0.387 e. The van der Waals surface area contributed by atoms with Crippen molar-refractivity contribution in [1.82, 2.24) is 0 Å². The number of ether oxygens (including phenoxy) is 1. The number of epoxide rings is 1. The molecule has 2 nitrogen and oxygen atoms in total. The molecule has 2 aliphatic rings. The Kier molecular flexibility index (Phi) is 1.37. The molecule has 0 amide bonds. The maximum Gasteiger partial charge on any atom is 0.120 e. The average Bonchev–Trinajstić information content (AvgIpc) is 2.46. The van der Waals surface area contributed by atoms with E-state index in [-0.39, 0.29) is 11.7 Å². The minimum Gasteiger partial charge on any atom is -0.387 e. The van der Waals surface area contributed by atoms with E-state index >= 15 is 0 Å². The van der Waals surface area contributed by atoms with Crippen molar-refractivity contribution in [3.8, 4) is 0 Å². The van der Waals surface area contributed by atoms with Crippen LogP contribution in [0.25, 0.3) is 0 Å². The highest BCUT2D eigenvalue weighted by Gasteiger charge is 2.63. The van der Waals surface area contributed by atoms with Crippen LogP contribution in [0.5, 0.6) is 0 Å². The van der Waals surface area contributed by atoms with Crippen molar-refractivity contribution in [2.24, 2.45) is 0 Å². The maximum absolute atomic E-state index is 10.1. The van der Waals surface area contributed by atoms with Gasteiger partial charge in [-0.25, -0.2) is 0 Å². The van der Waals surface area contributed by atoms with Crippen LogP contribution in [0.4, 0.5) is 0 Å². The zero-order valence-electron chi connectivity index (χ0n) is 7.26. The third-order valence-electron chi connectivity index (χ3n) is 3.49. The first-order valence-corrected chi connectivity index (χ1v) is 4.49. The molecule has 2 heteroatoms. The van der Waals surface area contributed by atoms with E-state index in [2.05, 4.69) is 0 Å². The second-order valence-corrected chi connectivity index (χ2v) is 4.11. The fourth-order valence-electron chi connectivity index (χ4n) is 2.28. The Balaban J connectivity index is 2.14. The highest BCUT2D eigenvalue weighted by molar-refractivity contribution is 5.12. The number of hydrogen-bond donors (Lipinski definition) is 1. The zero-order valence-corrected chi connectivity index (χ0v) is 7.26. The lowest BCUT2D eigenvalue weighted by Gasteiger charge is -2.27. The van der Waals surface area contributed by atoms with Gasteiger partial charge in [-0.2, -0.15) is 0 Å². The van der Waals surface area contributed by atoms with E-state index in [1.807, 2.05) is 13.8 Å². The van der Waals surface area contributed by atoms with Crippen molar-refractivity contribution in [2.75, 3.05) is 0 Å². The quantitative estimate of drug-likeness (QED) is 0.583. The van der Waals surface area contributed by atoms with Gasteiger partial charge in [0.1, 0.15) is 5.60 Å². The lowest BCUT2D eigenvalue weighted by atomic mass is 9.85. The van der Waals surface area contributed by atoms with Crippen molar-refractivity contribution in [3.63, 3.8) is 0 Å². The van der Waals surface area contributed by atoms with Gasteiger partial charge in [-0.3, -0.25) is 0 Å². The topological polar surface area (TPSA) is 32.8 Å². The molecule has 0 bridgehead atoms. The fourth-order valence-corrected chi connectivity index (χ4v) is 2.28. The summed E-state index contributed by atoms with van der Waals surface area (Å²) in [6.07, 6.45) is 4.41. The Hall–Kier alpha value is -0.0800. The lowest BCUT2D eigenvalue weighted by molar-refractivity contribution is -0.0244. The first kappa shape index (κ1) is 7.56. The van der Waals surface area contributed by atoms with Crippen molar-refractivity contribution < 1.29 is 9.84 Å². The molecule has 1 N–H and O–H groups in total. The van der Waals surface area contributed by atoms with Gasteiger partial charge in [-0.15, -0.1) is 0 Å². The summed E-state index contributed by atoms with van der Waals surface area (Å²) in [4.78, 5) is 0. The molecule has 1 heterocycles. The second-order valence-electron chi connectivity index (χ2n) is 4.11. The summed E-state index contributed by atoms with van der Waals surface area (Å²) < 4.78 is 5.44. The Labute approximate surface area is 67.6 Å². The summed E-state index contributed by atoms with van der Waals surface area (Å²) in [7, 11) is 0. The molecule has 1 aliphatic heterocycles. The number of hydrogen-bond acceptors (Lipinski definition) is 2. The molecule has 1 aliphatic carbocycles. The van der Waals surface area contributed by atoms with Gasteiger partial charge in [0.2, 0.25) is 0 Å². The molecule has 0 unspecified atom stereocenters. The summed E-state index contributed by atoms with van der Waals surface area (Å²) in [6, 6.07) is 0. The number of rotatable bonds is 1. The van der Waals surface area contributed by atoms with Gasteiger partial charge in [0.15, 0.2) is 0 Å². The summed E-state index contributed by atoms with van der Waals surface area (Å²) in [5.74, 6) is 0. The highest BCUT2D eigenvalue weighted by Crippen LogP contribution is 2.51. The predicted molar refractivity (Wildman–Crippen MR) is 42.4 cm³/mol. The van der Waals surface area contributed by atoms with Crippen LogP contribution < -0.4 is 0 Å². The minimum absolute atomic E-state index is 0.219. The van der Waals surface area contributed by atoms with Gasteiger partial charge >= 0.3 is 0 Å². The Morgan fingerprint density at radius 2 is 1.82 bits per heavy atom. The van der Waals surface area contributed by atoms with Gasteiger partial charge in [0.05, 0.1) is 11.7 Å². The molecule has 1 saturated carbocycles. The smallest absolute Gasteiger partial charge is 0.120 e. The summed E-state index contributed by atoms with van der Waals surface area (Å²) in [6.45, 7) is 4.07. The van der Waals surface area contributed by atoms with E-state index in [1.165, 1.54) is 0 Å². The summed E-state index contributed by atoms with van der Waals surface area (Å²) >= 11 is 0. The average molecular weight is 156 g/mol. The molecule has 11 heavy (non-hydrogen) atoms. The lowest BCUT2D eigenvalue weighted by Crippen LogP contribution is -2.41. The van der Waals surface area contributed by atoms with E-state index in [1.54, 1.807) is 0 Å². The van der Waals surface area contributed by atoms with Crippen molar-refractivity contribution >= 4 is 0 Å². The molecular formula is C9H16O2. The maximum atomic E-state index is 10.1. The van der Waals surface area contributed by atoms with E-state index in [9.17, 15) is 5.11 Å². The van der Waals surface area contributed by atoms with Gasteiger partial charge in [0.25, 0.3) is 0 Å². The normalized spacial score (nSPS) is 47.7. The van der Waals surface area contributed by atoms with Crippen LogP contribution in [0, 0.1) is 0 Å². The monoisotopic (exact) mass is 156 g/mol. The molecular weight excluding hydrogens is 140 g/mol. The molecule has 2 atom stereocenters. The van der Waals surface area contributed by atoms with E-state index in [4.69, 9.17) is 4.74 Å². The van der Waals surface area contributed by atoms with E-state index in [0.29, 0.717) is 0 Å². The Bertz CT molecular complexity index is 172. The standard InChI is InChI=1S/C9H16O2/c1-7-8(2,11-7)9(10)5-3-4-6-9/h7,10H,3-6H2,1-2H3/t7-,8+/m1/s1. The zero-order chi connectivity index (χ0) is 8.11. The summed E-state index contributed by atoms with van der Waals surface area (Å²) in [5.41, 5.74) is -0.726. The minimum atomic E-state index is -0.508. The molecule has 0 aromatic rings. The van der Waals surface area contributed by atoms with Gasteiger partial charge < -0.3 is 9.84 Å². The van der Waals surface area contributed by atoms with Gasteiger partial charge in [-0.05, 0) is 26.7 Å². The molecule has 64 valence electrons.